The number of hydrogen-bond acceptors (Lipinski definition) is 6. The molecule has 78 valence electrons. The van der Waals surface area contributed by atoms with Gasteiger partial charge in [0.05, 0.1) is 13.2 Å². The molecule has 1 fully saturated rings. The summed E-state index contributed by atoms with van der Waals surface area (Å²) >= 11 is 1.31. The molecule has 6 heteroatoms. The van der Waals surface area contributed by atoms with Crippen molar-refractivity contribution in [2.75, 3.05) is 30.8 Å². The Morgan fingerprint density at radius 2 is 2.50 bits per heavy atom. The van der Waals surface area contributed by atoms with Crippen molar-refractivity contribution in [3.8, 4) is 5.75 Å². The van der Waals surface area contributed by atoms with Crippen molar-refractivity contribution < 1.29 is 9.84 Å². The second-order valence-electron chi connectivity index (χ2n) is 3.29. The van der Waals surface area contributed by atoms with Gasteiger partial charge in [0, 0.05) is 13.1 Å². The molecule has 2 heterocycles. The average molecular weight is 215 g/mol. The van der Waals surface area contributed by atoms with Crippen LogP contribution in [0.2, 0.25) is 0 Å². The van der Waals surface area contributed by atoms with E-state index in [-0.39, 0.29) is 6.10 Å². The molecule has 2 rings (SSSR count). The summed E-state index contributed by atoms with van der Waals surface area (Å²) < 4.78 is 9.19. The largest absolute Gasteiger partial charge is 0.490 e. The van der Waals surface area contributed by atoms with Crippen LogP contribution in [0.25, 0.3) is 0 Å². The van der Waals surface area contributed by atoms with Crippen LogP contribution in [0.1, 0.15) is 6.42 Å². The van der Waals surface area contributed by atoms with Gasteiger partial charge in [0.2, 0.25) is 0 Å². The summed E-state index contributed by atoms with van der Waals surface area (Å²) in [6.45, 7) is 1.47. The molecular formula is C8H13N3O2S. The third-order valence-corrected chi connectivity index (χ3v) is 3.22. The molecule has 1 aromatic rings. The summed E-state index contributed by atoms with van der Waals surface area (Å²) in [5.41, 5.74) is 5.64. The van der Waals surface area contributed by atoms with Gasteiger partial charge < -0.3 is 20.5 Å². The maximum atomic E-state index is 9.40. The topological polar surface area (TPSA) is 71.6 Å². The first-order valence-electron chi connectivity index (χ1n) is 4.44. The fourth-order valence-corrected chi connectivity index (χ4v) is 2.42. The lowest BCUT2D eigenvalue weighted by Crippen LogP contribution is -2.20. The zero-order valence-corrected chi connectivity index (χ0v) is 8.75. The third kappa shape index (κ3) is 1.51. The highest BCUT2D eigenvalue weighted by molar-refractivity contribution is 7.11. The Labute approximate surface area is 86.3 Å². The maximum absolute atomic E-state index is 9.40. The van der Waals surface area contributed by atoms with Crippen LogP contribution in [0.5, 0.6) is 5.75 Å². The predicted molar refractivity (Wildman–Crippen MR) is 55.9 cm³/mol. The fourth-order valence-electron chi connectivity index (χ4n) is 1.60. The van der Waals surface area contributed by atoms with Gasteiger partial charge in [0.1, 0.15) is 0 Å². The summed E-state index contributed by atoms with van der Waals surface area (Å²) in [4.78, 5) is 2.05. The SMILES string of the molecule is COc1c(N)nsc1N1CCC(O)C1. The number of nitrogen functional groups attached to an aromatic ring is 1. The van der Waals surface area contributed by atoms with Crippen LogP contribution in [-0.2, 0) is 0 Å². The molecule has 0 aliphatic carbocycles. The second kappa shape index (κ2) is 3.62. The summed E-state index contributed by atoms with van der Waals surface area (Å²) in [5, 5.41) is 10.3. The monoisotopic (exact) mass is 215 g/mol. The summed E-state index contributed by atoms with van der Waals surface area (Å²) in [5.74, 6) is 1.05. The summed E-state index contributed by atoms with van der Waals surface area (Å²) in [6, 6.07) is 0. The van der Waals surface area contributed by atoms with Gasteiger partial charge in [-0.1, -0.05) is 0 Å². The lowest BCUT2D eigenvalue weighted by Gasteiger charge is -2.15. The van der Waals surface area contributed by atoms with Crippen LogP contribution in [0.3, 0.4) is 0 Å². The van der Waals surface area contributed by atoms with Crippen molar-refractivity contribution in [2.24, 2.45) is 0 Å². The van der Waals surface area contributed by atoms with Gasteiger partial charge in [0.15, 0.2) is 16.6 Å². The Morgan fingerprint density at radius 3 is 3.07 bits per heavy atom. The van der Waals surface area contributed by atoms with E-state index in [1.807, 2.05) is 0 Å². The fraction of sp³-hybridized carbons (Fsp3) is 0.625. The molecule has 1 atom stereocenters. The molecule has 3 N–H and O–H groups in total. The van der Waals surface area contributed by atoms with Crippen molar-refractivity contribution in [3.63, 3.8) is 0 Å². The highest BCUT2D eigenvalue weighted by Crippen LogP contribution is 2.39. The lowest BCUT2D eigenvalue weighted by molar-refractivity contribution is 0.198. The van der Waals surface area contributed by atoms with E-state index < -0.39 is 0 Å². The van der Waals surface area contributed by atoms with Gasteiger partial charge in [-0.2, -0.15) is 4.37 Å². The number of nitrogens with two attached hydrogens (primary N) is 1. The van der Waals surface area contributed by atoms with Gasteiger partial charge in [-0.3, -0.25) is 0 Å². The number of aliphatic hydroxyl groups excluding tert-OH is 1. The van der Waals surface area contributed by atoms with Crippen molar-refractivity contribution in [1.82, 2.24) is 4.37 Å². The Balaban J connectivity index is 2.23. The van der Waals surface area contributed by atoms with Gasteiger partial charge in [0.25, 0.3) is 0 Å². The van der Waals surface area contributed by atoms with Crippen LogP contribution < -0.4 is 15.4 Å². The number of aromatic nitrogens is 1. The number of nitrogens with zero attached hydrogens (tertiary/aromatic N) is 2. The maximum Gasteiger partial charge on any atom is 0.197 e. The minimum atomic E-state index is -0.247. The summed E-state index contributed by atoms with van der Waals surface area (Å²) in [6.07, 6.45) is 0.545. The molecule has 1 saturated heterocycles. The standard InChI is InChI=1S/C8H13N3O2S/c1-13-6-7(9)10-14-8(6)11-3-2-5(12)4-11/h5,12H,2-4H2,1H3,(H2,9,10). The Bertz CT molecular complexity index is 328. The highest BCUT2D eigenvalue weighted by Gasteiger charge is 2.25. The number of methoxy groups -OCH3 is 1. The Morgan fingerprint density at radius 1 is 1.71 bits per heavy atom. The van der Waals surface area contributed by atoms with Crippen LogP contribution in [0.15, 0.2) is 0 Å². The number of anilines is 2. The predicted octanol–water partition coefficient (Wildman–Crippen LogP) is 0.305. The molecule has 1 unspecified atom stereocenters. The van der Waals surface area contributed by atoms with Gasteiger partial charge in [-0.05, 0) is 18.0 Å². The van der Waals surface area contributed by atoms with Crippen LogP contribution in [0, 0.1) is 0 Å². The van der Waals surface area contributed by atoms with Gasteiger partial charge >= 0.3 is 0 Å². The molecule has 5 nitrogen and oxygen atoms in total. The van der Waals surface area contributed by atoms with Crippen molar-refractivity contribution >= 4 is 22.4 Å². The molecule has 0 aromatic carbocycles. The average Bonchev–Trinajstić information content (AvgIpc) is 2.71. The van der Waals surface area contributed by atoms with Crippen molar-refractivity contribution in [2.45, 2.75) is 12.5 Å². The third-order valence-electron chi connectivity index (χ3n) is 2.31. The van der Waals surface area contributed by atoms with E-state index in [4.69, 9.17) is 10.5 Å². The molecule has 1 aromatic heterocycles. The van der Waals surface area contributed by atoms with E-state index in [0.29, 0.717) is 18.1 Å². The zero-order chi connectivity index (χ0) is 10.1. The molecule has 1 aliphatic rings. The zero-order valence-electron chi connectivity index (χ0n) is 7.93. The number of ether oxygens (including phenoxy) is 1. The van der Waals surface area contributed by atoms with E-state index in [0.717, 1.165) is 18.0 Å². The Kier molecular flexibility index (Phi) is 2.47. The molecule has 0 amide bonds. The highest BCUT2D eigenvalue weighted by atomic mass is 32.1. The number of rotatable bonds is 2. The van der Waals surface area contributed by atoms with Crippen LogP contribution >= 0.6 is 11.5 Å². The Hall–Kier alpha value is -1.01. The lowest BCUT2D eigenvalue weighted by atomic mass is 10.3. The number of hydrogen-bond donors (Lipinski definition) is 2. The molecule has 14 heavy (non-hydrogen) atoms. The van der Waals surface area contributed by atoms with E-state index in [2.05, 4.69) is 9.27 Å². The van der Waals surface area contributed by atoms with Crippen molar-refractivity contribution in [1.29, 1.82) is 0 Å². The van der Waals surface area contributed by atoms with Crippen LogP contribution in [0.4, 0.5) is 10.8 Å². The molecule has 0 saturated carbocycles. The molecule has 0 spiro atoms. The molecule has 1 aliphatic heterocycles. The molecule has 0 radical (unpaired) electrons. The number of aliphatic hydroxyl groups is 1. The minimum Gasteiger partial charge on any atom is -0.490 e. The summed E-state index contributed by atoms with van der Waals surface area (Å²) in [7, 11) is 1.58. The number of β-amino-alcohol motifs (C(OH)–C–C–N with tert-alkyl or cyclic N) is 1. The van der Waals surface area contributed by atoms with Crippen molar-refractivity contribution in [3.05, 3.63) is 0 Å². The first-order valence-corrected chi connectivity index (χ1v) is 5.22. The smallest absolute Gasteiger partial charge is 0.197 e. The minimum absolute atomic E-state index is 0.247. The van der Waals surface area contributed by atoms with E-state index in [1.165, 1.54) is 11.5 Å². The van der Waals surface area contributed by atoms with E-state index in [1.54, 1.807) is 7.11 Å². The quantitative estimate of drug-likeness (QED) is 0.742. The molecule has 0 bridgehead atoms. The van der Waals surface area contributed by atoms with E-state index >= 15 is 0 Å². The first-order chi connectivity index (χ1) is 6.72. The van der Waals surface area contributed by atoms with Gasteiger partial charge in [-0.15, -0.1) is 0 Å². The second-order valence-corrected chi connectivity index (χ2v) is 4.05. The van der Waals surface area contributed by atoms with Gasteiger partial charge in [-0.25, -0.2) is 0 Å². The van der Waals surface area contributed by atoms with E-state index in [9.17, 15) is 5.11 Å². The van der Waals surface area contributed by atoms with Crippen LogP contribution in [-0.4, -0.2) is 35.8 Å². The normalized spacial score (nSPS) is 21.6. The first kappa shape index (κ1) is 9.54. The molecular weight excluding hydrogens is 202 g/mol.